The molecule has 7 nitrogen and oxygen atoms in total. The molecule has 0 aliphatic carbocycles. The van der Waals surface area contributed by atoms with Crippen LogP contribution in [-0.2, 0) is 0 Å². The van der Waals surface area contributed by atoms with Gasteiger partial charge in [-0.25, -0.2) is 0 Å². The fraction of sp³-hybridized carbons (Fsp3) is 0.615. The highest BCUT2D eigenvalue weighted by atomic mass is 16.5. The lowest BCUT2D eigenvalue weighted by Gasteiger charge is -2.18. The maximum absolute atomic E-state index is 15.2. The number of phenols is 2. The number of carbonyl (C=O) groups is 1. The molecule has 0 amide bonds. The van der Waals surface area contributed by atoms with Crippen molar-refractivity contribution in [3.05, 3.63) is 83.9 Å². The lowest BCUT2D eigenvalue weighted by atomic mass is 9.89. The van der Waals surface area contributed by atoms with E-state index in [4.69, 9.17) is 18.9 Å². The molecule has 0 saturated carbocycles. The van der Waals surface area contributed by atoms with Gasteiger partial charge in [0.1, 0.15) is 34.5 Å². The number of hydrogen-bond acceptors (Lipinski definition) is 7. The van der Waals surface area contributed by atoms with Gasteiger partial charge in [0.05, 0.1) is 26.4 Å². The molecule has 0 aromatic heterocycles. The smallest absolute Gasteiger partial charge is 0.194 e. The second kappa shape index (κ2) is 38.0. The van der Waals surface area contributed by atoms with E-state index < -0.39 is 0 Å². The summed E-state index contributed by atoms with van der Waals surface area (Å²) in [5, 5.41) is 23.3. The summed E-state index contributed by atoms with van der Waals surface area (Å²) in [4.78, 5) is 15.2. The van der Waals surface area contributed by atoms with Crippen LogP contribution in [-0.4, -0.2) is 42.4 Å². The van der Waals surface area contributed by atoms with Crippen LogP contribution >= 0.6 is 0 Å². The molecule has 0 fully saturated rings. The summed E-state index contributed by atoms with van der Waals surface area (Å²) in [6.07, 6.45) is 38.8. The molecule has 0 bridgehead atoms. The highest BCUT2D eigenvalue weighted by Crippen LogP contribution is 2.41. The maximum Gasteiger partial charge on any atom is 0.194 e. The van der Waals surface area contributed by atoms with E-state index in [1.807, 2.05) is 60.7 Å². The van der Waals surface area contributed by atoms with Crippen LogP contribution in [0.5, 0.6) is 34.5 Å². The van der Waals surface area contributed by atoms with E-state index >= 15 is 4.79 Å². The molecule has 0 unspecified atom stereocenters. The number of hydrogen-bond donors (Lipinski definition) is 2. The van der Waals surface area contributed by atoms with Gasteiger partial charge in [-0.3, -0.25) is 4.79 Å². The standard InChI is InChI=1S/C65H98O7/c1-5-9-13-17-21-25-29-33-45-69-53-39-43-59(61(49-53)57-41-37-55(51-63(57)66)71-47-35-31-27-23-19-15-11-7-3)65(68)60-44-40-54(70-46-34-30-26-22-18-14-10-6-2)50-62(60)58-42-38-56(52-64(58)67)72-48-36-32-28-24-20-16-12-8-4/h37-44,49-52,66-67H,5-36,45-48H2,1-4H3. The van der Waals surface area contributed by atoms with E-state index in [0.29, 0.717) is 82.8 Å². The van der Waals surface area contributed by atoms with Gasteiger partial charge in [0, 0.05) is 45.5 Å². The summed E-state index contributed by atoms with van der Waals surface area (Å²) in [7, 11) is 0. The monoisotopic (exact) mass is 991 g/mol. The van der Waals surface area contributed by atoms with E-state index in [1.165, 1.54) is 154 Å². The van der Waals surface area contributed by atoms with E-state index in [9.17, 15) is 10.2 Å². The van der Waals surface area contributed by atoms with Crippen LogP contribution in [0.25, 0.3) is 22.3 Å². The number of unbranched alkanes of at least 4 members (excludes halogenated alkanes) is 28. The summed E-state index contributed by atoms with van der Waals surface area (Å²) >= 11 is 0. The molecule has 0 aliphatic rings. The van der Waals surface area contributed by atoms with E-state index in [0.717, 1.165) is 51.4 Å². The third-order valence-electron chi connectivity index (χ3n) is 14.1. The fourth-order valence-electron chi connectivity index (χ4n) is 9.57. The van der Waals surface area contributed by atoms with Crippen molar-refractivity contribution in [1.82, 2.24) is 0 Å². The van der Waals surface area contributed by atoms with E-state index in [-0.39, 0.29) is 17.3 Å². The van der Waals surface area contributed by atoms with Crippen LogP contribution < -0.4 is 18.9 Å². The molecule has 400 valence electrons. The Labute approximate surface area is 438 Å². The summed E-state index contributed by atoms with van der Waals surface area (Å²) in [5.74, 6) is 2.30. The SMILES string of the molecule is CCCCCCCCCCOc1ccc(-c2cc(OCCCCCCCCCC)ccc2C(=O)c2ccc(OCCCCCCCCCC)cc2-c2ccc(OCCCCCCCCCC)cc2O)c(O)c1. The van der Waals surface area contributed by atoms with Crippen molar-refractivity contribution in [2.75, 3.05) is 26.4 Å². The third-order valence-corrected chi connectivity index (χ3v) is 14.1. The molecule has 0 atom stereocenters. The van der Waals surface area contributed by atoms with Gasteiger partial charge in [-0.1, -0.05) is 207 Å². The van der Waals surface area contributed by atoms with Crippen molar-refractivity contribution in [2.45, 2.75) is 233 Å². The highest BCUT2D eigenvalue weighted by Gasteiger charge is 2.23. The molecule has 0 heterocycles. The predicted molar refractivity (Wildman–Crippen MR) is 303 cm³/mol. The first-order chi connectivity index (χ1) is 35.4. The number of ketones is 1. The minimum Gasteiger partial charge on any atom is -0.507 e. The normalized spacial score (nSPS) is 11.3. The Kier molecular flexibility index (Phi) is 31.6. The van der Waals surface area contributed by atoms with Gasteiger partial charge in [-0.05, 0) is 86.3 Å². The zero-order valence-corrected chi connectivity index (χ0v) is 45.8. The summed E-state index contributed by atoms with van der Waals surface area (Å²) < 4.78 is 24.9. The zero-order valence-electron chi connectivity index (χ0n) is 45.8. The van der Waals surface area contributed by atoms with Crippen molar-refractivity contribution in [2.24, 2.45) is 0 Å². The first-order valence-corrected chi connectivity index (χ1v) is 29.4. The number of carbonyl (C=O) groups excluding carboxylic acids is 1. The largest absolute Gasteiger partial charge is 0.507 e. The Bertz CT molecular complexity index is 1900. The molecule has 0 aliphatic heterocycles. The average molecular weight is 991 g/mol. The second-order valence-electron chi connectivity index (χ2n) is 20.4. The molecule has 7 heteroatoms. The van der Waals surface area contributed by atoms with Gasteiger partial charge in [0.15, 0.2) is 5.78 Å². The van der Waals surface area contributed by atoms with Gasteiger partial charge in [0.25, 0.3) is 0 Å². The van der Waals surface area contributed by atoms with Gasteiger partial charge in [-0.15, -0.1) is 0 Å². The second-order valence-corrected chi connectivity index (χ2v) is 20.4. The van der Waals surface area contributed by atoms with Crippen LogP contribution in [0.15, 0.2) is 72.8 Å². The topological polar surface area (TPSA) is 94.5 Å². The number of benzene rings is 4. The summed E-state index contributed by atoms with van der Waals surface area (Å²) in [5.41, 5.74) is 2.99. The number of rotatable bonds is 44. The van der Waals surface area contributed by atoms with Crippen LogP contribution in [0.3, 0.4) is 0 Å². The first kappa shape index (κ1) is 59.9. The van der Waals surface area contributed by atoms with Crippen LogP contribution in [0.2, 0.25) is 0 Å². The van der Waals surface area contributed by atoms with Crippen molar-refractivity contribution < 1.29 is 34.0 Å². The summed E-state index contributed by atoms with van der Waals surface area (Å²) in [6, 6.07) is 21.8. The van der Waals surface area contributed by atoms with Crippen molar-refractivity contribution in [3.63, 3.8) is 0 Å². The Morgan fingerprint density at radius 3 is 0.806 bits per heavy atom. The fourth-order valence-corrected chi connectivity index (χ4v) is 9.57. The van der Waals surface area contributed by atoms with Crippen LogP contribution in [0.4, 0.5) is 0 Å². The molecule has 0 saturated heterocycles. The highest BCUT2D eigenvalue weighted by molar-refractivity contribution is 6.16. The van der Waals surface area contributed by atoms with Gasteiger partial charge < -0.3 is 29.2 Å². The van der Waals surface area contributed by atoms with Crippen molar-refractivity contribution >= 4 is 5.78 Å². The first-order valence-electron chi connectivity index (χ1n) is 29.4. The lowest BCUT2D eigenvalue weighted by Crippen LogP contribution is -2.08. The Morgan fingerprint density at radius 2 is 0.542 bits per heavy atom. The Hall–Kier alpha value is -4.65. The summed E-state index contributed by atoms with van der Waals surface area (Å²) in [6.45, 7) is 11.3. The molecule has 0 radical (unpaired) electrons. The van der Waals surface area contributed by atoms with Crippen LogP contribution in [0, 0.1) is 0 Å². The molecule has 72 heavy (non-hydrogen) atoms. The Balaban J connectivity index is 1.58. The molecular weight excluding hydrogens is 893 g/mol. The third kappa shape index (κ3) is 23.5. The molecular formula is C65H98O7. The molecule has 0 spiro atoms. The van der Waals surface area contributed by atoms with E-state index in [1.54, 1.807) is 12.1 Å². The van der Waals surface area contributed by atoms with Crippen molar-refractivity contribution in [3.8, 4) is 56.8 Å². The number of aromatic hydroxyl groups is 2. The molecule has 4 aromatic carbocycles. The van der Waals surface area contributed by atoms with Crippen molar-refractivity contribution in [1.29, 1.82) is 0 Å². The van der Waals surface area contributed by atoms with Gasteiger partial charge in [-0.2, -0.15) is 0 Å². The zero-order chi connectivity index (χ0) is 51.3. The maximum atomic E-state index is 15.2. The Morgan fingerprint density at radius 1 is 0.306 bits per heavy atom. The molecule has 4 rings (SSSR count). The molecule has 4 aromatic rings. The quantitative estimate of drug-likeness (QED) is 0.0337. The number of phenolic OH excluding ortho intramolecular Hbond substituents is 2. The van der Waals surface area contributed by atoms with Gasteiger partial charge >= 0.3 is 0 Å². The molecule has 2 N–H and O–H groups in total. The minimum absolute atomic E-state index is 0.0304. The minimum atomic E-state index is -0.243. The van der Waals surface area contributed by atoms with Crippen LogP contribution in [0.1, 0.15) is 249 Å². The number of ether oxygens (including phenoxy) is 4. The lowest BCUT2D eigenvalue weighted by molar-refractivity contribution is 0.104. The average Bonchev–Trinajstić information content (AvgIpc) is 3.39. The van der Waals surface area contributed by atoms with E-state index in [2.05, 4.69) is 27.7 Å². The predicted octanol–water partition coefficient (Wildman–Crippen LogP) is 19.7. The van der Waals surface area contributed by atoms with Gasteiger partial charge in [0.2, 0.25) is 0 Å².